The largest absolute Gasteiger partial charge is 0.435 e. The summed E-state index contributed by atoms with van der Waals surface area (Å²) in [6.45, 7) is 3.11. The third-order valence-electron chi connectivity index (χ3n) is 2.81. The standard InChI is InChI=1S/C12H15ClF3N3O2/c1-7-6-9(12(14,15)16)18-19(7)8(2)11(21)17-5-3-4-10(13)20/h6,8H,3-5H2,1-2H3,(H,17,21). The van der Waals surface area contributed by atoms with Gasteiger partial charge in [-0.25, -0.2) is 0 Å². The van der Waals surface area contributed by atoms with Crippen LogP contribution in [0.15, 0.2) is 6.07 Å². The first-order valence-corrected chi connectivity index (χ1v) is 6.60. The Hall–Kier alpha value is -1.57. The summed E-state index contributed by atoms with van der Waals surface area (Å²) >= 11 is 5.15. The van der Waals surface area contributed by atoms with Crippen molar-refractivity contribution in [2.45, 2.75) is 38.9 Å². The van der Waals surface area contributed by atoms with Crippen LogP contribution in [0.5, 0.6) is 0 Å². The van der Waals surface area contributed by atoms with E-state index in [-0.39, 0.29) is 18.7 Å². The van der Waals surface area contributed by atoms with E-state index >= 15 is 0 Å². The third kappa shape index (κ3) is 5.04. The van der Waals surface area contributed by atoms with Gasteiger partial charge < -0.3 is 5.32 Å². The van der Waals surface area contributed by atoms with Gasteiger partial charge in [0.05, 0.1) is 0 Å². The molecule has 1 unspecified atom stereocenters. The Morgan fingerprint density at radius 3 is 2.57 bits per heavy atom. The predicted octanol–water partition coefficient (Wildman–Crippen LogP) is 2.43. The third-order valence-corrected chi connectivity index (χ3v) is 3.00. The number of nitrogens with one attached hydrogen (secondary N) is 1. The smallest absolute Gasteiger partial charge is 0.354 e. The van der Waals surface area contributed by atoms with Crippen molar-refractivity contribution in [3.8, 4) is 0 Å². The van der Waals surface area contributed by atoms with Gasteiger partial charge in [-0.15, -0.1) is 0 Å². The summed E-state index contributed by atoms with van der Waals surface area (Å²) in [5.41, 5.74) is -0.798. The minimum Gasteiger partial charge on any atom is -0.354 e. The molecule has 1 aromatic heterocycles. The monoisotopic (exact) mass is 325 g/mol. The minimum absolute atomic E-state index is 0.120. The first-order chi connectivity index (χ1) is 9.62. The number of aromatic nitrogens is 2. The Morgan fingerprint density at radius 2 is 2.10 bits per heavy atom. The highest BCUT2D eigenvalue weighted by atomic mass is 35.5. The molecule has 1 atom stereocenters. The van der Waals surface area contributed by atoms with E-state index in [9.17, 15) is 22.8 Å². The molecular weight excluding hydrogens is 311 g/mol. The highest BCUT2D eigenvalue weighted by Crippen LogP contribution is 2.29. The molecule has 0 spiro atoms. The number of carbonyl (C=O) groups excluding carboxylic acids is 2. The molecule has 21 heavy (non-hydrogen) atoms. The first kappa shape index (κ1) is 17.5. The van der Waals surface area contributed by atoms with Crippen molar-refractivity contribution < 1.29 is 22.8 Å². The molecule has 5 nitrogen and oxygen atoms in total. The van der Waals surface area contributed by atoms with E-state index in [1.165, 1.54) is 13.8 Å². The van der Waals surface area contributed by atoms with Gasteiger partial charge in [0, 0.05) is 18.7 Å². The van der Waals surface area contributed by atoms with Crippen LogP contribution in [0.3, 0.4) is 0 Å². The second kappa shape index (κ2) is 6.93. The number of alkyl halides is 3. The summed E-state index contributed by atoms with van der Waals surface area (Å²) < 4.78 is 38.7. The summed E-state index contributed by atoms with van der Waals surface area (Å²) in [6, 6.07) is 0.00320. The number of carbonyl (C=O) groups is 2. The molecule has 1 aromatic rings. The molecule has 0 aromatic carbocycles. The van der Waals surface area contributed by atoms with E-state index in [2.05, 4.69) is 10.4 Å². The fourth-order valence-corrected chi connectivity index (χ4v) is 1.85. The molecule has 9 heteroatoms. The molecular formula is C12H15ClF3N3O2. The van der Waals surface area contributed by atoms with Gasteiger partial charge in [0.25, 0.3) is 0 Å². The molecule has 0 aliphatic carbocycles. The zero-order chi connectivity index (χ0) is 16.2. The van der Waals surface area contributed by atoms with Gasteiger partial charge in [0.15, 0.2) is 5.69 Å². The maximum Gasteiger partial charge on any atom is 0.435 e. The number of hydrogen-bond donors (Lipinski definition) is 1. The summed E-state index contributed by atoms with van der Waals surface area (Å²) in [5, 5.41) is 5.43. The zero-order valence-corrected chi connectivity index (χ0v) is 12.3. The molecule has 0 aliphatic rings. The van der Waals surface area contributed by atoms with Crippen LogP contribution in [0.2, 0.25) is 0 Å². The van der Waals surface area contributed by atoms with E-state index in [4.69, 9.17) is 11.6 Å². The average Bonchev–Trinajstić information content (AvgIpc) is 2.75. The molecule has 118 valence electrons. The fraction of sp³-hybridized carbons (Fsp3) is 0.583. The normalized spacial score (nSPS) is 13.0. The van der Waals surface area contributed by atoms with Crippen molar-refractivity contribution in [3.63, 3.8) is 0 Å². The molecule has 1 amide bonds. The van der Waals surface area contributed by atoms with Gasteiger partial charge in [-0.1, -0.05) is 0 Å². The van der Waals surface area contributed by atoms with Gasteiger partial charge >= 0.3 is 6.18 Å². The van der Waals surface area contributed by atoms with Crippen LogP contribution >= 0.6 is 11.6 Å². The van der Waals surface area contributed by atoms with E-state index in [0.717, 1.165) is 10.7 Å². The van der Waals surface area contributed by atoms with Crippen molar-refractivity contribution in [3.05, 3.63) is 17.5 Å². The van der Waals surface area contributed by atoms with Crippen LogP contribution in [0.1, 0.15) is 37.2 Å². The Morgan fingerprint density at radius 1 is 1.48 bits per heavy atom. The van der Waals surface area contributed by atoms with Gasteiger partial charge in [0.1, 0.15) is 6.04 Å². The average molecular weight is 326 g/mol. The molecule has 0 bridgehead atoms. The van der Waals surface area contributed by atoms with Gasteiger partial charge in [-0.05, 0) is 37.9 Å². The van der Waals surface area contributed by atoms with Crippen LogP contribution in [-0.2, 0) is 15.8 Å². The number of amides is 1. The van der Waals surface area contributed by atoms with Crippen LogP contribution in [0, 0.1) is 6.92 Å². The van der Waals surface area contributed by atoms with Gasteiger partial charge in [-0.2, -0.15) is 18.3 Å². The first-order valence-electron chi connectivity index (χ1n) is 6.22. The fourth-order valence-electron chi connectivity index (χ4n) is 1.72. The number of nitrogens with zero attached hydrogens (tertiary/aromatic N) is 2. The lowest BCUT2D eigenvalue weighted by Crippen LogP contribution is -2.32. The van der Waals surface area contributed by atoms with Crippen LogP contribution in [0.4, 0.5) is 13.2 Å². The summed E-state index contributed by atoms with van der Waals surface area (Å²) in [5.74, 6) is -0.475. The van der Waals surface area contributed by atoms with Crippen LogP contribution in [0.25, 0.3) is 0 Å². The van der Waals surface area contributed by atoms with Crippen molar-refractivity contribution in [2.24, 2.45) is 0 Å². The zero-order valence-electron chi connectivity index (χ0n) is 11.5. The van der Waals surface area contributed by atoms with E-state index in [1.807, 2.05) is 0 Å². The number of aryl methyl sites for hydroxylation is 1. The SMILES string of the molecule is Cc1cc(C(F)(F)F)nn1C(C)C(=O)NCCCC(=O)Cl. The summed E-state index contributed by atoms with van der Waals surface area (Å²) in [6.07, 6.45) is -4.06. The number of hydrogen-bond acceptors (Lipinski definition) is 3. The lowest BCUT2D eigenvalue weighted by Gasteiger charge is -2.14. The van der Waals surface area contributed by atoms with Crippen molar-refractivity contribution in [1.29, 1.82) is 0 Å². The van der Waals surface area contributed by atoms with Gasteiger partial charge in [-0.3, -0.25) is 14.3 Å². The second-order valence-electron chi connectivity index (χ2n) is 4.54. The highest BCUT2D eigenvalue weighted by molar-refractivity contribution is 6.63. The minimum atomic E-state index is -4.55. The molecule has 1 rings (SSSR count). The lowest BCUT2D eigenvalue weighted by molar-refractivity contribution is -0.142. The molecule has 0 radical (unpaired) electrons. The number of halogens is 4. The Balaban J connectivity index is 2.66. The molecule has 0 saturated heterocycles. The van der Waals surface area contributed by atoms with Crippen LogP contribution in [-0.4, -0.2) is 27.5 Å². The molecule has 0 saturated carbocycles. The lowest BCUT2D eigenvalue weighted by atomic mass is 10.2. The summed E-state index contributed by atoms with van der Waals surface area (Å²) in [7, 11) is 0. The van der Waals surface area contributed by atoms with Crippen molar-refractivity contribution >= 4 is 22.8 Å². The van der Waals surface area contributed by atoms with Crippen molar-refractivity contribution in [2.75, 3.05) is 6.54 Å². The maximum absolute atomic E-state index is 12.5. The summed E-state index contributed by atoms with van der Waals surface area (Å²) in [4.78, 5) is 22.3. The van der Waals surface area contributed by atoms with E-state index in [0.29, 0.717) is 6.42 Å². The van der Waals surface area contributed by atoms with Crippen LogP contribution < -0.4 is 5.32 Å². The quantitative estimate of drug-likeness (QED) is 0.645. The van der Waals surface area contributed by atoms with E-state index in [1.54, 1.807) is 0 Å². The maximum atomic E-state index is 12.5. The number of rotatable bonds is 6. The molecule has 1 heterocycles. The Labute approximate surface area is 124 Å². The Bertz CT molecular complexity index is 528. The molecule has 0 aliphatic heterocycles. The van der Waals surface area contributed by atoms with E-state index < -0.39 is 29.1 Å². The second-order valence-corrected chi connectivity index (χ2v) is 4.96. The molecule has 0 fully saturated rings. The molecule has 1 N–H and O–H groups in total. The van der Waals surface area contributed by atoms with Gasteiger partial charge in [0.2, 0.25) is 11.1 Å². The Kier molecular flexibility index (Phi) is 5.77. The topological polar surface area (TPSA) is 64.0 Å². The van der Waals surface area contributed by atoms with Crippen molar-refractivity contribution in [1.82, 2.24) is 15.1 Å². The predicted molar refractivity (Wildman–Crippen MR) is 69.8 cm³/mol. The highest BCUT2D eigenvalue weighted by Gasteiger charge is 2.35.